The quantitative estimate of drug-likeness (QED) is 0.850. The molecule has 0 saturated carbocycles. The highest BCUT2D eigenvalue weighted by atomic mass is 16.5. The van der Waals surface area contributed by atoms with Gasteiger partial charge in [0.05, 0.1) is 6.54 Å². The van der Waals surface area contributed by atoms with Gasteiger partial charge in [0.1, 0.15) is 5.60 Å². The molecule has 0 saturated heterocycles. The Labute approximate surface area is 96.6 Å². The Balaban J connectivity index is 2.66. The van der Waals surface area contributed by atoms with Gasteiger partial charge in [0, 0.05) is 12.6 Å². The maximum Gasteiger partial charge on any atom is 0.247 e. The van der Waals surface area contributed by atoms with Gasteiger partial charge in [-0.15, -0.1) is 10.2 Å². The summed E-state index contributed by atoms with van der Waals surface area (Å²) in [5.74, 6) is 1.08. The highest BCUT2D eigenvalue weighted by Crippen LogP contribution is 2.22. The zero-order valence-corrected chi connectivity index (χ0v) is 10.9. The van der Waals surface area contributed by atoms with Crippen LogP contribution in [0.15, 0.2) is 4.42 Å². The predicted octanol–water partition coefficient (Wildman–Crippen LogP) is 1.84. The summed E-state index contributed by atoms with van der Waals surface area (Å²) in [6.07, 6.45) is 0. The molecule has 0 aliphatic carbocycles. The molecule has 92 valence electrons. The fourth-order valence-electron chi connectivity index (χ4n) is 0.996. The Morgan fingerprint density at radius 1 is 1.19 bits per heavy atom. The van der Waals surface area contributed by atoms with Gasteiger partial charge < -0.3 is 14.5 Å². The van der Waals surface area contributed by atoms with Gasteiger partial charge in [0.25, 0.3) is 0 Å². The maximum absolute atomic E-state index is 5.52. The molecule has 0 radical (unpaired) electrons. The van der Waals surface area contributed by atoms with E-state index in [0.717, 1.165) is 0 Å². The number of hydrogen-bond acceptors (Lipinski definition) is 5. The maximum atomic E-state index is 5.52. The van der Waals surface area contributed by atoms with E-state index in [2.05, 4.69) is 36.3 Å². The Morgan fingerprint density at radius 2 is 1.81 bits per heavy atom. The molecule has 0 atom stereocenters. The summed E-state index contributed by atoms with van der Waals surface area (Å²) in [5.41, 5.74) is -0.502. The van der Waals surface area contributed by atoms with Crippen molar-refractivity contribution in [3.05, 3.63) is 11.8 Å². The fourth-order valence-corrected chi connectivity index (χ4v) is 0.996. The fraction of sp³-hybridized carbons (Fsp3) is 0.818. The molecule has 0 bridgehead atoms. The molecular weight excluding hydrogens is 206 g/mol. The Bertz CT molecular complexity index is 339. The van der Waals surface area contributed by atoms with Crippen LogP contribution in [-0.4, -0.2) is 22.8 Å². The van der Waals surface area contributed by atoms with E-state index in [0.29, 0.717) is 18.3 Å². The highest BCUT2D eigenvalue weighted by Gasteiger charge is 2.26. The zero-order valence-electron chi connectivity index (χ0n) is 10.9. The molecule has 0 amide bonds. The van der Waals surface area contributed by atoms with Crippen molar-refractivity contribution in [2.24, 2.45) is 0 Å². The van der Waals surface area contributed by atoms with Crippen molar-refractivity contribution < 1.29 is 9.15 Å². The van der Waals surface area contributed by atoms with Crippen molar-refractivity contribution in [3.8, 4) is 0 Å². The van der Waals surface area contributed by atoms with Crippen molar-refractivity contribution in [1.82, 2.24) is 15.5 Å². The van der Waals surface area contributed by atoms with Crippen LogP contribution in [0.4, 0.5) is 0 Å². The van der Waals surface area contributed by atoms with E-state index >= 15 is 0 Å². The number of nitrogens with zero attached hydrogens (tertiary/aromatic N) is 2. The smallest absolute Gasteiger partial charge is 0.247 e. The number of nitrogens with one attached hydrogen (secondary N) is 1. The molecule has 0 spiro atoms. The minimum Gasteiger partial charge on any atom is -0.421 e. The summed E-state index contributed by atoms with van der Waals surface area (Å²) in [4.78, 5) is 0. The molecule has 1 N–H and O–H groups in total. The second kappa shape index (κ2) is 4.51. The van der Waals surface area contributed by atoms with Crippen LogP contribution < -0.4 is 5.32 Å². The predicted molar refractivity (Wildman–Crippen MR) is 60.9 cm³/mol. The van der Waals surface area contributed by atoms with Gasteiger partial charge in [-0.25, -0.2) is 0 Å². The van der Waals surface area contributed by atoms with Crippen LogP contribution in [0.1, 0.15) is 46.4 Å². The van der Waals surface area contributed by atoms with Crippen molar-refractivity contribution in [2.75, 3.05) is 7.11 Å². The zero-order chi connectivity index (χ0) is 12.4. The van der Waals surface area contributed by atoms with Crippen LogP contribution in [-0.2, 0) is 16.9 Å². The van der Waals surface area contributed by atoms with Crippen LogP contribution in [0.5, 0.6) is 0 Å². The second-order valence-electron chi connectivity index (χ2n) is 5.32. The minimum absolute atomic E-state index is 0.0331. The van der Waals surface area contributed by atoms with E-state index in [-0.39, 0.29) is 5.54 Å². The summed E-state index contributed by atoms with van der Waals surface area (Å²) in [5, 5.41) is 11.2. The number of hydrogen-bond donors (Lipinski definition) is 1. The number of ether oxygens (including phenoxy) is 1. The molecule has 16 heavy (non-hydrogen) atoms. The van der Waals surface area contributed by atoms with E-state index in [9.17, 15) is 0 Å². The van der Waals surface area contributed by atoms with Crippen molar-refractivity contribution in [1.29, 1.82) is 0 Å². The van der Waals surface area contributed by atoms with Crippen LogP contribution in [0.3, 0.4) is 0 Å². The normalized spacial score (nSPS) is 13.1. The van der Waals surface area contributed by atoms with Gasteiger partial charge in [0.15, 0.2) is 0 Å². The Hall–Kier alpha value is -0.940. The average molecular weight is 227 g/mol. The largest absolute Gasteiger partial charge is 0.421 e. The summed E-state index contributed by atoms with van der Waals surface area (Å²) in [7, 11) is 1.62. The summed E-state index contributed by atoms with van der Waals surface area (Å²) in [6, 6.07) is 0. The first kappa shape index (κ1) is 13.1. The third kappa shape index (κ3) is 3.57. The molecule has 5 nitrogen and oxygen atoms in total. The lowest BCUT2D eigenvalue weighted by Crippen LogP contribution is -2.35. The van der Waals surface area contributed by atoms with Gasteiger partial charge in [0.2, 0.25) is 11.8 Å². The molecule has 1 aromatic heterocycles. The second-order valence-corrected chi connectivity index (χ2v) is 5.32. The van der Waals surface area contributed by atoms with E-state index in [4.69, 9.17) is 9.15 Å². The lowest BCUT2D eigenvalue weighted by atomic mass is 10.1. The van der Waals surface area contributed by atoms with Crippen molar-refractivity contribution >= 4 is 0 Å². The van der Waals surface area contributed by atoms with Crippen LogP contribution >= 0.6 is 0 Å². The van der Waals surface area contributed by atoms with Crippen LogP contribution in [0.2, 0.25) is 0 Å². The standard InChI is InChI=1S/C11H21N3O2/c1-10(2,3)12-7-8-13-14-9(16-8)11(4,5)15-6/h12H,7H2,1-6H3. The van der Waals surface area contributed by atoms with Gasteiger partial charge in [-0.1, -0.05) is 0 Å². The van der Waals surface area contributed by atoms with E-state index < -0.39 is 5.60 Å². The van der Waals surface area contributed by atoms with Crippen molar-refractivity contribution in [3.63, 3.8) is 0 Å². The number of aromatic nitrogens is 2. The topological polar surface area (TPSA) is 60.2 Å². The highest BCUT2D eigenvalue weighted by molar-refractivity contribution is 4.93. The van der Waals surface area contributed by atoms with Crippen LogP contribution in [0, 0.1) is 0 Å². The third-order valence-corrected chi connectivity index (χ3v) is 2.26. The number of methoxy groups -OCH3 is 1. The molecule has 0 fully saturated rings. The first-order valence-electron chi connectivity index (χ1n) is 5.37. The number of rotatable bonds is 4. The van der Waals surface area contributed by atoms with Gasteiger partial charge in [-0.2, -0.15) is 0 Å². The molecular formula is C11H21N3O2. The Kier molecular flexibility index (Phi) is 3.70. The lowest BCUT2D eigenvalue weighted by Gasteiger charge is -2.19. The molecule has 5 heteroatoms. The molecule has 0 aromatic carbocycles. The first-order chi connectivity index (χ1) is 7.24. The van der Waals surface area contributed by atoms with Gasteiger partial charge >= 0.3 is 0 Å². The summed E-state index contributed by atoms with van der Waals surface area (Å²) >= 11 is 0. The molecule has 1 aromatic rings. The van der Waals surface area contributed by atoms with Gasteiger partial charge in [-0.3, -0.25) is 0 Å². The van der Waals surface area contributed by atoms with Crippen molar-refractivity contribution in [2.45, 2.75) is 52.3 Å². The molecule has 1 rings (SSSR count). The van der Waals surface area contributed by atoms with E-state index in [1.807, 2.05) is 13.8 Å². The molecule has 0 aliphatic heterocycles. The molecule has 1 heterocycles. The Morgan fingerprint density at radius 3 is 2.31 bits per heavy atom. The first-order valence-corrected chi connectivity index (χ1v) is 5.37. The monoisotopic (exact) mass is 227 g/mol. The van der Waals surface area contributed by atoms with Crippen LogP contribution in [0.25, 0.3) is 0 Å². The molecule has 0 unspecified atom stereocenters. The SMILES string of the molecule is COC(C)(C)c1nnc(CNC(C)(C)C)o1. The lowest BCUT2D eigenvalue weighted by molar-refractivity contribution is -0.00464. The molecule has 0 aliphatic rings. The third-order valence-electron chi connectivity index (χ3n) is 2.26. The van der Waals surface area contributed by atoms with E-state index in [1.165, 1.54) is 0 Å². The minimum atomic E-state index is -0.535. The van der Waals surface area contributed by atoms with E-state index in [1.54, 1.807) is 7.11 Å². The summed E-state index contributed by atoms with van der Waals surface area (Å²) < 4.78 is 10.8. The van der Waals surface area contributed by atoms with Gasteiger partial charge in [-0.05, 0) is 34.6 Å². The average Bonchev–Trinajstić information content (AvgIpc) is 2.62. The summed E-state index contributed by atoms with van der Waals surface area (Å²) in [6.45, 7) is 10.6.